The summed E-state index contributed by atoms with van der Waals surface area (Å²) in [5.41, 5.74) is 0.986. The maximum atomic E-state index is 11.5. The summed E-state index contributed by atoms with van der Waals surface area (Å²) < 4.78 is 0. The molecule has 0 atom stereocenters. The molecule has 0 saturated carbocycles. The Bertz CT molecular complexity index is 568. The Morgan fingerprint density at radius 2 is 1.75 bits per heavy atom. The molecule has 0 bridgehead atoms. The predicted octanol–water partition coefficient (Wildman–Crippen LogP) is 2.85. The molecule has 0 radical (unpaired) electrons. The minimum absolute atomic E-state index is 0.181. The van der Waals surface area contributed by atoms with E-state index in [1.165, 1.54) is 38.4 Å². The lowest BCUT2D eigenvalue weighted by Crippen LogP contribution is -2.21. The summed E-state index contributed by atoms with van der Waals surface area (Å²) >= 11 is 5.59. The smallest absolute Gasteiger partial charge is 0.209 e. The van der Waals surface area contributed by atoms with Crippen molar-refractivity contribution in [3.05, 3.63) is 51.8 Å². The van der Waals surface area contributed by atoms with Crippen LogP contribution in [-0.4, -0.2) is 23.3 Å². The standard InChI is InChI=1S/C10H7ClN2O.C5H11N/c11-9-6-8(14)10(13-12-9)7-4-2-1-3-5-7;1-2-4-6-5-3-1/h1-6H,(H,12,14);6H,1-5H2. The molecule has 0 amide bonds. The van der Waals surface area contributed by atoms with Crippen LogP contribution in [0, 0.1) is 0 Å². The molecule has 2 aromatic rings. The van der Waals surface area contributed by atoms with Crippen molar-refractivity contribution in [3.8, 4) is 11.3 Å². The second kappa shape index (κ2) is 7.82. The zero-order chi connectivity index (χ0) is 14.2. The van der Waals surface area contributed by atoms with Gasteiger partial charge < -0.3 is 5.32 Å². The van der Waals surface area contributed by atoms with Crippen molar-refractivity contribution >= 4 is 11.6 Å². The van der Waals surface area contributed by atoms with E-state index in [-0.39, 0.29) is 10.6 Å². The summed E-state index contributed by atoms with van der Waals surface area (Å²) in [6, 6.07) is 10.6. The van der Waals surface area contributed by atoms with Gasteiger partial charge >= 0.3 is 0 Å². The number of piperidine rings is 1. The van der Waals surface area contributed by atoms with Crippen LogP contribution in [0.5, 0.6) is 0 Å². The van der Waals surface area contributed by atoms with E-state index in [1.54, 1.807) is 0 Å². The number of nitrogens with zero attached hydrogens (tertiary/aromatic N) is 1. The number of benzene rings is 1. The second-order valence-corrected chi connectivity index (χ2v) is 5.01. The number of H-pyrrole nitrogens is 1. The maximum absolute atomic E-state index is 11.5. The molecule has 5 heteroatoms. The van der Waals surface area contributed by atoms with Crippen molar-refractivity contribution in [2.24, 2.45) is 0 Å². The summed E-state index contributed by atoms with van der Waals surface area (Å²) in [6.07, 6.45) is 4.22. The number of rotatable bonds is 1. The fourth-order valence-electron chi connectivity index (χ4n) is 1.98. The van der Waals surface area contributed by atoms with Crippen molar-refractivity contribution in [1.29, 1.82) is 0 Å². The highest BCUT2D eigenvalue weighted by molar-refractivity contribution is 6.29. The van der Waals surface area contributed by atoms with Crippen molar-refractivity contribution in [2.75, 3.05) is 13.1 Å². The van der Waals surface area contributed by atoms with Gasteiger partial charge in [0.15, 0.2) is 0 Å². The third-order valence-corrected chi connectivity index (χ3v) is 3.21. The van der Waals surface area contributed by atoms with Gasteiger partial charge in [-0.3, -0.25) is 9.89 Å². The molecule has 20 heavy (non-hydrogen) atoms. The molecule has 0 unspecified atom stereocenters. The van der Waals surface area contributed by atoms with E-state index in [1.807, 2.05) is 30.3 Å². The average molecular weight is 292 g/mol. The second-order valence-electron chi connectivity index (χ2n) is 4.61. The fourth-order valence-corrected chi connectivity index (χ4v) is 2.13. The largest absolute Gasteiger partial charge is 0.317 e. The van der Waals surface area contributed by atoms with Crippen LogP contribution >= 0.6 is 11.6 Å². The van der Waals surface area contributed by atoms with E-state index < -0.39 is 0 Å². The van der Waals surface area contributed by atoms with Gasteiger partial charge in [-0.15, -0.1) is 0 Å². The third-order valence-electron chi connectivity index (χ3n) is 3.02. The molecule has 1 saturated heterocycles. The number of aromatic nitrogens is 2. The Morgan fingerprint density at radius 1 is 1.05 bits per heavy atom. The fraction of sp³-hybridized carbons (Fsp3) is 0.333. The summed E-state index contributed by atoms with van der Waals surface area (Å²) in [5, 5.41) is 9.96. The molecule has 2 N–H and O–H groups in total. The molecular weight excluding hydrogens is 274 g/mol. The molecule has 0 spiro atoms. The maximum Gasteiger partial charge on any atom is 0.209 e. The molecule has 1 aromatic heterocycles. The van der Waals surface area contributed by atoms with E-state index in [0.717, 1.165) is 5.56 Å². The van der Waals surface area contributed by atoms with E-state index in [2.05, 4.69) is 15.5 Å². The molecule has 1 aliphatic rings. The van der Waals surface area contributed by atoms with Crippen molar-refractivity contribution in [2.45, 2.75) is 19.3 Å². The molecule has 4 nitrogen and oxygen atoms in total. The number of hydrogen-bond acceptors (Lipinski definition) is 3. The minimum Gasteiger partial charge on any atom is -0.317 e. The first-order valence-electron chi connectivity index (χ1n) is 6.79. The Kier molecular flexibility index (Phi) is 5.77. The lowest BCUT2D eigenvalue weighted by atomic mass is 10.1. The average Bonchev–Trinajstić information content (AvgIpc) is 2.50. The highest BCUT2D eigenvalue weighted by atomic mass is 35.5. The summed E-state index contributed by atoms with van der Waals surface area (Å²) in [4.78, 5) is 11.5. The quantitative estimate of drug-likeness (QED) is 0.849. The van der Waals surface area contributed by atoms with Gasteiger partial charge in [-0.2, -0.15) is 5.10 Å². The molecule has 1 aliphatic heterocycles. The van der Waals surface area contributed by atoms with Crippen LogP contribution in [0.1, 0.15) is 19.3 Å². The Hall–Kier alpha value is -1.65. The van der Waals surface area contributed by atoms with Gasteiger partial charge in [0, 0.05) is 11.6 Å². The van der Waals surface area contributed by atoms with Crippen LogP contribution in [0.2, 0.25) is 5.15 Å². The molecule has 3 rings (SSSR count). The SMILES string of the molecule is C1CCNCC1.O=c1cc(Cl)[nH]nc1-c1ccccc1. The first-order valence-corrected chi connectivity index (χ1v) is 7.16. The van der Waals surface area contributed by atoms with Crippen LogP contribution in [0.15, 0.2) is 41.2 Å². The van der Waals surface area contributed by atoms with Crippen LogP contribution in [0.25, 0.3) is 11.3 Å². The first-order chi connectivity index (χ1) is 9.77. The van der Waals surface area contributed by atoms with E-state index in [4.69, 9.17) is 11.6 Å². The highest BCUT2D eigenvalue weighted by Gasteiger charge is 2.03. The van der Waals surface area contributed by atoms with Gasteiger partial charge in [-0.25, -0.2) is 0 Å². The first kappa shape index (κ1) is 14.8. The monoisotopic (exact) mass is 291 g/mol. The number of nitrogens with one attached hydrogen (secondary N) is 2. The number of halogens is 1. The van der Waals surface area contributed by atoms with Gasteiger partial charge in [-0.05, 0) is 25.9 Å². The zero-order valence-electron chi connectivity index (χ0n) is 11.2. The minimum atomic E-state index is -0.181. The van der Waals surface area contributed by atoms with E-state index >= 15 is 0 Å². The van der Waals surface area contributed by atoms with Gasteiger partial charge in [0.1, 0.15) is 10.8 Å². The topological polar surface area (TPSA) is 57.8 Å². The van der Waals surface area contributed by atoms with Crippen LogP contribution in [0.3, 0.4) is 0 Å². The zero-order valence-corrected chi connectivity index (χ0v) is 12.0. The number of hydrogen-bond donors (Lipinski definition) is 2. The highest BCUT2D eigenvalue weighted by Crippen LogP contribution is 2.11. The van der Waals surface area contributed by atoms with Crippen molar-refractivity contribution in [1.82, 2.24) is 15.5 Å². The van der Waals surface area contributed by atoms with E-state index in [0.29, 0.717) is 5.69 Å². The molecule has 0 aliphatic carbocycles. The van der Waals surface area contributed by atoms with Gasteiger partial charge in [0.2, 0.25) is 5.43 Å². The van der Waals surface area contributed by atoms with Crippen molar-refractivity contribution in [3.63, 3.8) is 0 Å². The van der Waals surface area contributed by atoms with Gasteiger partial charge in [0.25, 0.3) is 0 Å². The lowest BCUT2D eigenvalue weighted by Gasteiger charge is -2.08. The Labute approximate surface area is 123 Å². The molecule has 1 fully saturated rings. The summed E-state index contributed by atoms with van der Waals surface area (Å²) in [5.74, 6) is 0. The molecule has 1 aromatic carbocycles. The van der Waals surface area contributed by atoms with Crippen molar-refractivity contribution < 1.29 is 0 Å². The summed E-state index contributed by atoms with van der Waals surface area (Å²) in [7, 11) is 0. The lowest BCUT2D eigenvalue weighted by molar-refractivity contribution is 0.520. The predicted molar refractivity (Wildman–Crippen MR) is 82.0 cm³/mol. The third kappa shape index (κ3) is 4.47. The molecule has 2 heterocycles. The molecular formula is C15H18ClN3O. The number of aromatic amines is 1. The molecule has 106 valence electrons. The van der Waals surface area contributed by atoms with E-state index in [9.17, 15) is 4.79 Å². The summed E-state index contributed by atoms with van der Waals surface area (Å²) in [6.45, 7) is 2.50. The van der Waals surface area contributed by atoms with Crippen LogP contribution < -0.4 is 10.7 Å². The normalized spacial score (nSPS) is 14.2. The Morgan fingerprint density at radius 3 is 2.25 bits per heavy atom. The Balaban J connectivity index is 0.000000205. The van der Waals surface area contributed by atoms with Gasteiger partial charge in [0.05, 0.1) is 0 Å². The van der Waals surface area contributed by atoms with Crippen LogP contribution in [0.4, 0.5) is 0 Å². The van der Waals surface area contributed by atoms with Gasteiger partial charge in [-0.1, -0.05) is 48.4 Å². The van der Waals surface area contributed by atoms with Crippen LogP contribution in [-0.2, 0) is 0 Å².